The number of benzene rings is 1. The fraction of sp³-hybridized carbons (Fsp3) is 0.538. The number of aliphatic hydroxyl groups is 1. The van der Waals surface area contributed by atoms with Crippen molar-refractivity contribution in [2.24, 2.45) is 0 Å². The van der Waals surface area contributed by atoms with Crippen molar-refractivity contribution in [3.63, 3.8) is 0 Å². The molecule has 0 spiro atoms. The smallest absolute Gasteiger partial charge is 0.272 e. The van der Waals surface area contributed by atoms with Crippen molar-refractivity contribution in [3.8, 4) is 0 Å². The fourth-order valence-corrected chi connectivity index (χ4v) is 5.59. The second kappa shape index (κ2) is 10.3. The first kappa shape index (κ1) is 23.7. The predicted octanol–water partition coefficient (Wildman–Crippen LogP) is 1.53. The van der Waals surface area contributed by atoms with Crippen LogP contribution in [-0.2, 0) is 17.8 Å². The average Bonchev–Trinajstić information content (AvgIpc) is 2.88. The summed E-state index contributed by atoms with van der Waals surface area (Å²) >= 11 is 0. The summed E-state index contributed by atoms with van der Waals surface area (Å²) in [5.74, 6) is 0.546. The van der Waals surface area contributed by atoms with Gasteiger partial charge >= 0.3 is 0 Å². The van der Waals surface area contributed by atoms with E-state index in [1.54, 1.807) is 17.9 Å². The van der Waals surface area contributed by atoms with Gasteiger partial charge in [-0.3, -0.25) is 14.5 Å². The van der Waals surface area contributed by atoms with Crippen molar-refractivity contribution in [2.45, 2.75) is 57.3 Å². The molecule has 186 valence electrons. The zero-order chi connectivity index (χ0) is 24.4. The molecule has 5 rings (SSSR count). The van der Waals surface area contributed by atoms with E-state index in [1.807, 2.05) is 4.90 Å². The monoisotopic (exact) mass is 478 g/mol. The molecular weight excluding hydrogens is 444 g/mol. The molecule has 0 unspecified atom stereocenters. The zero-order valence-electron chi connectivity index (χ0n) is 20.3. The molecule has 2 amide bonds. The number of amides is 2. The molecule has 2 atom stereocenters. The number of carbonyl (C=O) groups is 2. The Labute approximate surface area is 206 Å². The van der Waals surface area contributed by atoms with E-state index in [0.717, 1.165) is 51.9 Å². The zero-order valence-corrected chi connectivity index (χ0v) is 20.3. The molecule has 0 radical (unpaired) electrons. The second-order valence-corrected chi connectivity index (χ2v) is 9.88. The third-order valence-corrected chi connectivity index (χ3v) is 7.64. The maximum atomic E-state index is 13.2. The Morgan fingerprint density at radius 3 is 2.49 bits per heavy atom. The molecule has 2 N–H and O–H groups in total. The molecular formula is C26H34N6O3. The van der Waals surface area contributed by atoms with Crippen LogP contribution in [0.2, 0.25) is 0 Å². The lowest BCUT2D eigenvalue weighted by Crippen LogP contribution is -2.56. The second-order valence-electron chi connectivity index (χ2n) is 9.88. The van der Waals surface area contributed by atoms with Crippen LogP contribution in [0.5, 0.6) is 0 Å². The number of aliphatic hydroxyl groups excluding tert-OH is 1. The summed E-state index contributed by atoms with van der Waals surface area (Å²) in [6.07, 6.45) is 4.23. The Hall–Kier alpha value is -3.04. The highest BCUT2D eigenvalue weighted by atomic mass is 16.3. The molecule has 2 fully saturated rings. The lowest BCUT2D eigenvalue weighted by molar-refractivity contribution is -0.129. The maximum absolute atomic E-state index is 13.2. The summed E-state index contributed by atoms with van der Waals surface area (Å²) in [6, 6.07) is 10.5. The van der Waals surface area contributed by atoms with Gasteiger partial charge in [-0.25, -0.2) is 9.97 Å². The van der Waals surface area contributed by atoms with E-state index in [9.17, 15) is 14.7 Å². The molecule has 2 aromatic rings. The summed E-state index contributed by atoms with van der Waals surface area (Å²) in [5.41, 5.74) is 3.06. The van der Waals surface area contributed by atoms with Crippen LogP contribution in [0.15, 0.2) is 36.7 Å². The van der Waals surface area contributed by atoms with E-state index in [0.29, 0.717) is 24.6 Å². The lowest BCUT2D eigenvalue weighted by Gasteiger charge is -2.43. The number of carbonyl (C=O) groups excluding carboxylic acids is 2. The normalized spacial score (nSPS) is 23.6. The van der Waals surface area contributed by atoms with Crippen LogP contribution in [0.1, 0.15) is 47.8 Å². The molecule has 0 aliphatic carbocycles. The van der Waals surface area contributed by atoms with Crippen LogP contribution in [0.4, 0.5) is 5.82 Å². The van der Waals surface area contributed by atoms with Crippen molar-refractivity contribution in [1.29, 1.82) is 0 Å². The number of likely N-dealkylation sites (tertiary alicyclic amines) is 2. The van der Waals surface area contributed by atoms with E-state index >= 15 is 0 Å². The van der Waals surface area contributed by atoms with Gasteiger partial charge < -0.3 is 20.2 Å². The number of nitrogens with one attached hydrogen (secondary N) is 1. The fourth-order valence-electron chi connectivity index (χ4n) is 5.59. The van der Waals surface area contributed by atoms with Gasteiger partial charge in [-0.05, 0) is 36.8 Å². The van der Waals surface area contributed by atoms with Gasteiger partial charge in [0, 0.05) is 64.3 Å². The number of hydrogen-bond donors (Lipinski definition) is 2. The Balaban J connectivity index is 1.17. The highest BCUT2D eigenvalue weighted by Crippen LogP contribution is 2.26. The van der Waals surface area contributed by atoms with Crippen molar-refractivity contribution >= 4 is 17.6 Å². The van der Waals surface area contributed by atoms with Gasteiger partial charge in [0.1, 0.15) is 17.8 Å². The molecule has 3 aliphatic heterocycles. The van der Waals surface area contributed by atoms with E-state index in [2.05, 4.69) is 44.5 Å². The van der Waals surface area contributed by atoms with Crippen LogP contribution < -0.4 is 5.32 Å². The number of piperidine rings is 2. The van der Waals surface area contributed by atoms with Gasteiger partial charge in [-0.15, -0.1) is 0 Å². The number of β-amino-alcohol motifs (C(OH)–C–C–N with tert-alkyl or cyclic N) is 1. The molecule has 3 aliphatic rings. The summed E-state index contributed by atoms with van der Waals surface area (Å²) in [4.78, 5) is 39.2. The van der Waals surface area contributed by atoms with Gasteiger partial charge in [0.15, 0.2) is 0 Å². The maximum Gasteiger partial charge on any atom is 0.272 e. The molecule has 35 heavy (non-hydrogen) atoms. The minimum absolute atomic E-state index is 0.0518. The number of nitrogens with zero attached hydrogens (tertiary/aromatic N) is 5. The van der Waals surface area contributed by atoms with Crippen molar-refractivity contribution < 1.29 is 14.7 Å². The van der Waals surface area contributed by atoms with Crippen LogP contribution in [0.3, 0.4) is 0 Å². The molecule has 0 saturated carbocycles. The molecule has 9 heteroatoms. The van der Waals surface area contributed by atoms with Gasteiger partial charge in [-0.2, -0.15) is 0 Å². The average molecular weight is 479 g/mol. The first-order chi connectivity index (χ1) is 17.0. The van der Waals surface area contributed by atoms with Gasteiger partial charge in [0.25, 0.3) is 5.91 Å². The van der Waals surface area contributed by atoms with Crippen LogP contribution in [0, 0.1) is 0 Å². The standard InChI is InChI=1S/C26H34N6O3/c1-18(33)30-11-7-21(8-12-30)29-25-14-22(27-17-28-25)26(35)32-13-9-23(24(34)16-32)31-10-6-19-4-2-3-5-20(19)15-31/h2-5,14,17,21,23-24,34H,6-13,15-16H2,1H3,(H,27,28,29)/t23-,24-/m0/s1. The Bertz CT molecular complexity index is 1070. The first-order valence-electron chi connectivity index (χ1n) is 12.6. The molecule has 1 aromatic heterocycles. The van der Waals surface area contributed by atoms with Gasteiger partial charge in [0.2, 0.25) is 5.91 Å². The number of fused-ring (bicyclic) bond motifs is 1. The summed E-state index contributed by atoms with van der Waals surface area (Å²) in [5, 5.41) is 14.3. The summed E-state index contributed by atoms with van der Waals surface area (Å²) < 4.78 is 0. The summed E-state index contributed by atoms with van der Waals surface area (Å²) in [7, 11) is 0. The quantitative estimate of drug-likeness (QED) is 0.687. The van der Waals surface area contributed by atoms with E-state index < -0.39 is 6.10 Å². The molecule has 0 bridgehead atoms. The topological polar surface area (TPSA) is 102 Å². The van der Waals surface area contributed by atoms with E-state index in [-0.39, 0.29) is 23.9 Å². The van der Waals surface area contributed by atoms with E-state index in [1.165, 1.54) is 17.5 Å². The van der Waals surface area contributed by atoms with Crippen molar-refractivity contribution in [3.05, 3.63) is 53.5 Å². The third-order valence-electron chi connectivity index (χ3n) is 7.64. The van der Waals surface area contributed by atoms with Gasteiger partial charge in [0.05, 0.1) is 6.10 Å². The minimum Gasteiger partial charge on any atom is -0.390 e. The Morgan fingerprint density at radius 1 is 1.00 bits per heavy atom. The van der Waals surface area contributed by atoms with Crippen LogP contribution in [-0.4, -0.2) is 92.5 Å². The summed E-state index contributed by atoms with van der Waals surface area (Å²) in [6.45, 7) is 5.71. The lowest BCUT2D eigenvalue weighted by atomic mass is 9.94. The van der Waals surface area contributed by atoms with Crippen molar-refractivity contribution in [1.82, 2.24) is 24.7 Å². The largest absolute Gasteiger partial charge is 0.390 e. The molecule has 4 heterocycles. The Kier molecular flexibility index (Phi) is 6.97. The first-order valence-corrected chi connectivity index (χ1v) is 12.6. The van der Waals surface area contributed by atoms with Crippen molar-refractivity contribution in [2.75, 3.05) is 38.0 Å². The number of hydrogen-bond acceptors (Lipinski definition) is 7. The molecule has 2 saturated heterocycles. The SMILES string of the molecule is CC(=O)N1CCC(Nc2cc(C(=O)N3CC[C@H](N4CCc5ccccc5C4)[C@@H](O)C3)ncn2)CC1. The highest BCUT2D eigenvalue weighted by Gasteiger charge is 2.35. The van der Waals surface area contributed by atoms with Crippen LogP contribution >= 0.6 is 0 Å². The molecule has 9 nitrogen and oxygen atoms in total. The Morgan fingerprint density at radius 2 is 1.74 bits per heavy atom. The van der Waals surface area contributed by atoms with Crippen LogP contribution in [0.25, 0.3) is 0 Å². The number of rotatable bonds is 4. The predicted molar refractivity (Wildman–Crippen MR) is 132 cm³/mol. The minimum atomic E-state index is -0.594. The molecule has 1 aromatic carbocycles. The van der Waals surface area contributed by atoms with Gasteiger partial charge in [-0.1, -0.05) is 24.3 Å². The highest BCUT2D eigenvalue weighted by molar-refractivity contribution is 5.93. The number of aromatic nitrogens is 2. The van der Waals surface area contributed by atoms with E-state index in [4.69, 9.17) is 0 Å². The number of anilines is 1. The third kappa shape index (κ3) is 5.31.